The Morgan fingerprint density at radius 2 is 1.85 bits per heavy atom. The summed E-state index contributed by atoms with van der Waals surface area (Å²) in [6.07, 6.45) is 4.90. The highest BCUT2D eigenvalue weighted by molar-refractivity contribution is 7.92. The zero-order chi connectivity index (χ0) is 29.7. The number of amides is 3. The molecule has 1 aliphatic carbocycles. The molecule has 0 bridgehead atoms. The fourth-order valence-corrected chi connectivity index (χ4v) is 6.39. The van der Waals surface area contributed by atoms with E-state index in [9.17, 15) is 23.1 Å². The Labute approximate surface area is 247 Å². The second kappa shape index (κ2) is 13.3. The normalized spacial score (nSPS) is 20.7. The van der Waals surface area contributed by atoms with Gasteiger partial charge in [-0.2, -0.15) is 0 Å². The molecule has 0 spiro atoms. The zero-order valence-corrected chi connectivity index (χ0v) is 25.2. The number of nitrogens with one attached hydrogen (secondary N) is 2. The fourth-order valence-electron chi connectivity index (χ4n) is 5.22. The number of likely N-dealkylation sites (N-methyl/N-ethyl adjacent to an activating group) is 1. The van der Waals surface area contributed by atoms with Gasteiger partial charge in [-0.15, -0.1) is 0 Å². The summed E-state index contributed by atoms with van der Waals surface area (Å²) in [6.45, 7) is 4.01. The molecule has 3 N–H and O–H groups in total. The van der Waals surface area contributed by atoms with Gasteiger partial charge in [0, 0.05) is 36.3 Å². The number of aliphatic hydroxyl groups is 1. The van der Waals surface area contributed by atoms with E-state index >= 15 is 0 Å². The minimum Gasteiger partial charge on any atom is -0.487 e. The van der Waals surface area contributed by atoms with Crippen LogP contribution in [0.4, 0.5) is 10.5 Å². The highest BCUT2D eigenvalue weighted by Gasteiger charge is 2.34. The van der Waals surface area contributed by atoms with Crippen molar-refractivity contribution in [2.75, 3.05) is 31.5 Å². The van der Waals surface area contributed by atoms with Crippen LogP contribution >= 0.6 is 11.6 Å². The van der Waals surface area contributed by atoms with Crippen molar-refractivity contribution in [2.24, 2.45) is 5.92 Å². The van der Waals surface area contributed by atoms with Gasteiger partial charge >= 0.3 is 6.03 Å². The Hall–Kier alpha value is -3.02. The molecule has 0 aromatic heterocycles. The number of nitrogens with zero attached hydrogens (tertiary/aromatic N) is 2. The van der Waals surface area contributed by atoms with Crippen molar-refractivity contribution in [1.29, 1.82) is 0 Å². The van der Waals surface area contributed by atoms with E-state index < -0.39 is 22.2 Å². The van der Waals surface area contributed by atoms with Crippen molar-refractivity contribution in [3.8, 4) is 5.75 Å². The molecular weight excluding hydrogens is 568 g/mol. The van der Waals surface area contributed by atoms with Crippen LogP contribution in [-0.4, -0.2) is 80.2 Å². The molecule has 12 heteroatoms. The number of benzene rings is 2. The SMILES string of the molecule is C[C@@H]1CN([C@H](C)CO)C(=O)c2cc(NS(=O)(=O)c3ccc(Cl)cc3)ccc2O[C@H]1CN(C)C(=O)NC1CCCCC1. The number of halogens is 1. The molecule has 10 nitrogen and oxygen atoms in total. The van der Waals surface area contributed by atoms with E-state index in [1.807, 2.05) is 6.92 Å². The molecule has 1 heterocycles. The van der Waals surface area contributed by atoms with Crippen LogP contribution in [0.3, 0.4) is 0 Å². The maximum absolute atomic E-state index is 13.7. The van der Waals surface area contributed by atoms with Crippen molar-refractivity contribution in [2.45, 2.75) is 69.0 Å². The Morgan fingerprint density at radius 3 is 2.51 bits per heavy atom. The molecular formula is C29H39ClN4O6S. The number of carbonyl (C=O) groups excluding carboxylic acids is 2. The van der Waals surface area contributed by atoms with Gasteiger partial charge in [-0.3, -0.25) is 9.52 Å². The highest BCUT2D eigenvalue weighted by atomic mass is 35.5. The lowest BCUT2D eigenvalue weighted by Crippen LogP contribution is -2.52. The molecule has 1 fully saturated rings. The highest BCUT2D eigenvalue weighted by Crippen LogP contribution is 2.31. The lowest BCUT2D eigenvalue weighted by atomic mass is 9.96. The van der Waals surface area contributed by atoms with Gasteiger partial charge < -0.3 is 25.0 Å². The maximum atomic E-state index is 13.7. The fraction of sp³-hybridized carbons (Fsp3) is 0.517. The minimum absolute atomic E-state index is 0.0233. The molecule has 3 amide bonds. The first kappa shape index (κ1) is 30.9. The summed E-state index contributed by atoms with van der Waals surface area (Å²) in [5.41, 5.74) is 0.342. The molecule has 2 aromatic rings. The summed E-state index contributed by atoms with van der Waals surface area (Å²) in [7, 11) is -2.22. The third-order valence-electron chi connectivity index (χ3n) is 7.77. The van der Waals surface area contributed by atoms with Gasteiger partial charge in [0.2, 0.25) is 0 Å². The first-order valence-corrected chi connectivity index (χ1v) is 15.9. The number of anilines is 1. The van der Waals surface area contributed by atoms with E-state index in [1.165, 1.54) is 42.8 Å². The Morgan fingerprint density at radius 1 is 1.17 bits per heavy atom. The van der Waals surface area contributed by atoms with Crippen LogP contribution in [0.15, 0.2) is 47.4 Å². The van der Waals surface area contributed by atoms with E-state index in [0.29, 0.717) is 5.02 Å². The van der Waals surface area contributed by atoms with Crippen LogP contribution in [0.2, 0.25) is 5.02 Å². The molecule has 1 saturated carbocycles. The van der Waals surface area contributed by atoms with Crippen LogP contribution < -0.4 is 14.8 Å². The summed E-state index contributed by atoms with van der Waals surface area (Å²) in [4.78, 5) is 29.8. The number of sulfonamides is 1. The predicted molar refractivity (Wildman–Crippen MR) is 158 cm³/mol. The lowest BCUT2D eigenvalue weighted by Gasteiger charge is -2.38. The molecule has 0 radical (unpaired) electrons. The molecule has 1 aliphatic heterocycles. The predicted octanol–water partition coefficient (Wildman–Crippen LogP) is 4.34. The van der Waals surface area contributed by atoms with Crippen molar-refractivity contribution < 1.29 is 27.9 Å². The van der Waals surface area contributed by atoms with Crippen molar-refractivity contribution in [3.63, 3.8) is 0 Å². The number of hydrogen-bond acceptors (Lipinski definition) is 6. The monoisotopic (exact) mass is 606 g/mol. The van der Waals surface area contributed by atoms with E-state index in [0.717, 1.165) is 25.7 Å². The number of aliphatic hydroxyl groups excluding tert-OH is 1. The van der Waals surface area contributed by atoms with E-state index in [2.05, 4.69) is 10.0 Å². The number of rotatable bonds is 8. The summed E-state index contributed by atoms with van der Waals surface area (Å²) < 4.78 is 34.8. The molecule has 4 rings (SSSR count). The Kier molecular flexibility index (Phi) is 10.0. The van der Waals surface area contributed by atoms with Gasteiger partial charge in [0.15, 0.2) is 0 Å². The average molecular weight is 607 g/mol. The topological polar surface area (TPSA) is 128 Å². The summed E-state index contributed by atoms with van der Waals surface area (Å²) in [5, 5.41) is 13.4. The van der Waals surface area contributed by atoms with Crippen molar-refractivity contribution >= 4 is 39.2 Å². The number of fused-ring (bicyclic) bond motifs is 1. The second-order valence-electron chi connectivity index (χ2n) is 11.1. The van der Waals surface area contributed by atoms with Gasteiger partial charge in [-0.05, 0) is 62.2 Å². The molecule has 0 saturated heterocycles. The number of urea groups is 1. The van der Waals surface area contributed by atoms with E-state index in [-0.39, 0.29) is 65.5 Å². The first-order chi connectivity index (χ1) is 19.5. The quantitative estimate of drug-likeness (QED) is 0.410. The average Bonchev–Trinajstić information content (AvgIpc) is 2.95. The minimum atomic E-state index is -3.95. The summed E-state index contributed by atoms with van der Waals surface area (Å²) >= 11 is 5.90. The molecule has 224 valence electrons. The first-order valence-electron chi connectivity index (χ1n) is 14.0. The number of ether oxygens (including phenoxy) is 1. The Bertz CT molecular complexity index is 1330. The van der Waals surface area contributed by atoms with E-state index in [4.69, 9.17) is 16.3 Å². The third-order valence-corrected chi connectivity index (χ3v) is 9.42. The molecule has 41 heavy (non-hydrogen) atoms. The lowest BCUT2D eigenvalue weighted by molar-refractivity contribution is 0.0366. The van der Waals surface area contributed by atoms with Crippen LogP contribution in [0.1, 0.15) is 56.3 Å². The number of hydrogen-bond donors (Lipinski definition) is 3. The van der Waals surface area contributed by atoms with Gasteiger partial charge in [0.25, 0.3) is 15.9 Å². The van der Waals surface area contributed by atoms with E-state index in [1.54, 1.807) is 29.8 Å². The van der Waals surface area contributed by atoms with Crippen LogP contribution in [0.25, 0.3) is 0 Å². The van der Waals surface area contributed by atoms with Gasteiger partial charge in [-0.25, -0.2) is 13.2 Å². The second-order valence-corrected chi connectivity index (χ2v) is 13.2. The third kappa shape index (κ3) is 7.64. The smallest absolute Gasteiger partial charge is 0.317 e. The molecule has 2 aromatic carbocycles. The Balaban J connectivity index is 1.59. The summed E-state index contributed by atoms with van der Waals surface area (Å²) in [6, 6.07) is 9.79. The number of carbonyl (C=O) groups is 2. The molecule has 2 aliphatic rings. The zero-order valence-electron chi connectivity index (χ0n) is 23.7. The summed E-state index contributed by atoms with van der Waals surface area (Å²) in [5.74, 6) is -0.283. The standard InChI is InChI=1S/C29H39ClN4O6S/c1-19-16-34(20(2)18-35)28(36)25-15-23(32-41(38,39)24-12-9-21(30)10-13-24)11-14-26(25)40-27(19)17-33(3)29(37)31-22-7-5-4-6-8-22/h9-15,19-20,22,27,32,35H,4-8,16-18H2,1-3H3,(H,31,37)/t19-,20-,27+/m1/s1. The van der Waals surface area contributed by atoms with Crippen LogP contribution in [0, 0.1) is 5.92 Å². The maximum Gasteiger partial charge on any atom is 0.317 e. The largest absolute Gasteiger partial charge is 0.487 e. The van der Waals surface area contributed by atoms with Crippen molar-refractivity contribution in [1.82, 2.24) is 15.1 Å². The van der Waals surface area contributed by atoms with Crippen molar-refractivity contribution in [3.05, 3.63) is 53.1 Å². The van der Waals surface area contributed by atoms with Gasteiger partial charge in [-0.1, -0.05) is 37.8 Å². The van der Waals surface area contributed by atoms with Crippen LogP contribution in [0.5, 0.6) is 5.75 Å². The van der Waals surface area contributed by atoms with Gasteiger partial charge in [0.05, 0.1) is 29.7 Å². The molecule has 0 unspecified atom stereocenters. The molecule has 3 atom stereocenters. The van der Waals surface area contributed by atoms with Crippen LogP contribution in [-0.2, 0) is 10.0 Å². The van der Waals surface area contributed by atoms with Gasteiger partial charge in [0.1, 0.15) is 11.9 Å².